The number of nitrogens with one attached hydrogen (secondary N) is 2. The zero-order chi connectivity index (χ0) is 13.7. The van der Waals surface area contributed by atoms with E-state index in [1.54, 1.807) is 11.8 Å². The minimum atomic E-state index is -0.674. The van der Waals surface area contributed by atoms with Crippen LogP contribution in [0.5, 0.6) is 0 Å². The van der Waals surface area contributed by atoms with E-state index in [0.717, 1.165) is 5.69 Å². The normalized spacial score (nSPS) is 12.3. The van der Waals surface area contributed by atoms with Gasteiger partial charge in [0.05, 0.1) is 12.5 Å². The number of hydrogen-bond acceptors (Lipinski definition) is 6. The molecule has 1 heterocycles. The van der Waals surface area contributed by atoms with Gasteiger partial charge < -0.3 is 14.8 Å². The number of hydrogen-bond donors (Lipinski definition) is 3. The van der Waals surface area contributed by atoms with E-state index in [9.17, 15) is 9.90 Å². The lowest BCUT2D eigenvalue weighted by molar-refractivity contribution is 0.177. The molecule has 1 aromatic carbocycles. The van der Waals surface area contributed by atoms with E-state index >= 15 is 0 Å². The Morgan fingerprint density at radius 3 is 2.79 bits per heavy atom. The Labute approximate surface area is 114 Å². The molecule has 19 heavy (non-hydrogen) atoms. The van der Waals surface area contributed by atoms with Crippen molar-refractivity contribution >= 4 is 17.4 Å². The van der Waals surface area contributed by atoms with E-state index in [-0.39, 0.29) is 12.3 Å². The molecule has 7 heteroatoms. The van der Waals surface area contributed by atoms with Crippen molar-refractivity contribution in [1.82, 2.24) is 10.2 Å². The molecule has 0 saturated heterocycles. The van der Waals surface area contributed by atoms with Crippen molar-refractivity contribution in [3.8, 4) is 0 Å². The average molecular weight is 281 g/mol. The predicted octanol–water partition coefficient (Wildman–Crippen LogP) is 1.10. The number of aromatic nitrogens is 2. The fourth-order valence-electron chi connectivity index (χ4n) is 1.57. The first-order valence-corrected chi connectivity index (χ1v) is 7.00. The molecule has 1 unspecified atom stereocenters. The maximum Gasteiger partial charge on any atom is 0.434 e. The summed E-state index contributed by atoms with van der Waals surface area (Å²) in [5, 5.41) is 18.7. The third kappa shape index (κ3) is 4.15. The van der Waals surface area contributed by atoms with Gasteiger partial charge in [-0.2, -0.15) is 0 Å². The van der Waals surface area contributed by atoms with Crippen molar-refractivity contribution in [3.05, 3.63) is 40.7 Å². The summed E-state index contributed by atoms with van der Waals surface area (Å²) in [4.78, 5) is 11.9. The maximum atomic E-state index is 10.7. The summed E-state index contributed by atoms with van der Waals surface area (Å²) in [5.41, 5.74) is 0.931. The second-order valence-corrected chi connectivity index (χ2v) is 4.85. The van der Waals surface area contributed by atoms with Gasteiger partial charge in [0.25, 0.3) is 0 Å². The maximum absolute atomic E-state index is 10.7. The fourth-order valence-corrected chi connectivity index (χ4v) is 1.97. The van der Waals surface area contributed by atoms with Crippen molar-refractivity contribution < 1.29 is 9.52 Å². The second kappa shape index (κ2) is 6.44. The summed E-state index contributed by atoms with van der Waals surface area (Å²) < 4.78 is 4.72. The molecule has 0 amide bonds. The van der Waals surface area contributed by atoms with Crippen LogP contribution in [-0.4, -0.2) is 34.2 Å². The Hall–Kier alpha value is -1.73. The van der Waals surface area contributed by atoms with Gasteiger partial charge in [-0.25, -0.2) is 9.89 Å². The van der Waals surface area contributed by atoms with E-state index in [2.05, 4.69) is 15.5 Å². The van der Waals surface area contributed by atoms with E-state index < -0.39 is 11.9 Å². The van der Waals surface area contributed by atoms with Gasteiger partial charge in [-0.3, -0.25) is 0 Å². The molecule has 1 aromatic heterocycles. The third-order valence-electron chi connectivity index (χ3n) is 2.52. The van der Waals surface area contributed by atoms with Crippen LogP contribution in [0.1, 0.15) is 5.89 Å². The van der Waals surface area contributed by atoms with Gasteiger partial charge in [-0.15, -0.1) is 16.9 Å². The first-order valence-electron chi connectivity index (χ1n) is 5.78. The highest BCUT2D eigenvalue weighted by molar-refractivity contribution is 7.98. The molecule has 0 aliphatic carbocycles. The molecule has 0 fully saturated rings. The molecule has 0 saturated carbocycles. The van der Waals surface area contributed by atoms with Crippen LogP contribution in [0.2, 0.25) is 0 Å². The molecule has 2 rings (SSSR count). The molecule has 0 aliphatic heterocycles. The Morgan fingerprint density at radius 2 is 2.21 bits per heavy atom. The van der Waals surface area contributed by atoms with Crippen LogP contribution in [0.15, 0.2) is 38.4 Å². The smallest absolute Gasteiger partial charge is 0.392 e. The van der Waals surface area contributed by atoms with Gasteiger partial charge in [0.15, 0.2) is 0 Å². The Balaban J connectivity index is 1.82. The SMILES string of the molecule is CSc1ccc(NCC(O)Cc2n[nH]c(=O)o2)cc1. The van der Waals surface area contributed by atoms with Gasteiger partial charge >= 0.3 is 5.76 Å². The highest BCUT2D eigenvalue weighted by Crippen LogP contribution is 2.17. The highest BCUT2D eigenvalue weighted by atomic mass is 32.2. The number of thioether (sulfide) groups is 1. The summed E-state index contributed by atoms with van der Waals surface area (Å²) in [6.07, 6.45) is 1.53. The molecule has 2 aromatic rings. The largest absolute Gasteiger partial charge is 0.434 e. The summed E-state index contributed by atoms with van der Waals surface area (Å²) >= 11 is 1.68. The molecular formula is C12H15N3O3S. The topological polar surface area (TPSA) is 91.1 Å². The van der Waals surface area contributed by atoms with Crippen LogP contribution in [0, 0.1) is 0 Å². The van der Waals surface area contributed by atoms with Crippen molar-refractivity contribution in [2.45, 2.75) is 17.4 Å². The molecule has 0 radical (unpaired) electrons. The van der Waals surface area contributed by atoms with E-state index in [1.165, 1.54) is 4.90 Å². The van der Waals surface area contributed by atoms with Crippen molar-refractivity contribution in [1.29, 1.82) is 0 Å². The van der Waals surface area contributed by atoms with E-state index in [1.807, 2.05) is 30.5 Å². The predicted molar refractivity (Wildman–Crippen MR) is 73.5 cm³/mol. The number of H-pyrrole nitrogens is 1. The molecular weight excluding hydrogens is 266 g/mol. The van der Waals surface area contributed by atoms with Crippen molar-refractivity contribution in [3.63, 3.8) is 0 Å². The monoisotopic (exact) mass is 281 g/mol. The van der Waals surface area contributed by atoms with Crippen LogP contribution in [0.3, 0.4) is 0 Å². The number of benzene rings is 1. The molecule has 3 N–H and O–H groups in total. The second-order valence-electron chi connectivity index (χ2n) is 3.97. The van der Waals surface area contributed by atoms with Gasteiger partial charge in [-0.1, -0.05) is 0 Å². The molecule has 102 valence electrons. The number of nitrogens with zero attached hydrogens (tertiary/aromatic N) is 1. The Bertz CT molecular complexity index is 564. The van der Waals surface area contributed by atoms with Crippen LogP contribution in [0.4, 0.5) is 5.69 Å². The lowest BCUT2D eigenvalue weighted by Crippen LogP contribution is -2.22. The number of aromatic amines is 1. The van der Waals surface area contributed by atoms with E-state index in [0.29, 0.717) is 6.54 Å². The molecule has 0 spiro atoms. The minimum Gasteiger partial charge on any atom is -0.392 e. The van der Waals surface area contributed by atoms with Crippen molar-refractivity contribution in [2.75, 3.05) is 18.1 Å². The molecule has 1 atom stereocenters. The van der Waals surface area contributed by atoms with Gasteiger partial charge in [0.1, 0.15) is 0 Å². The first-order chi connectivity index (χ1) is 9.17. The number of aliphatic hydroxyl groups is 1. The lowest BCUT2D eigenvalue weighted by Gasteiger charge is -2.11. The first kappa shape index (κ1) is 13.7. The van der Waals surface area contributed by atoms with Gasteiger partial charge in [0.2, 0.25) is 5.89 Å². The van der Waals surface area contributed by atoms with Crippen LogP contribution in [0.25, 0.3) is 0 Å². The van der Waals surface area contributed by atoms with E-state index in [4.69, 9.17) is 4.42 Å². The zero-order valence-electron chi connectivity index (χ0n) is 10.4. The number of anilines is 1. The summed E-state index contributed by atoms with van der Waals surface area (Å²) in [6.45, 7) is 0.356. The number of aliphatic hydroxyl groups excluding tert-OH is 1. The van der Waals surface area contributed by atoms with Crippen LogP contribution >= 0.6 is 11.8 Å². The van der Waals surface area contributed by atoms with Gasteiger partial charge in [-0.05, 0) is 30.5 Å². The quantitative estimate of drug-likeness (QED) is 0.687. The Morgan fingerprint density at radius 1 is 1.47 bits per heavy atom. The van der Waals surface area contributed by atoms with Crippen molar-refractivity contribution in [2.24, 2.45) is 0 Å². The fraction of sp³-hybridized carbons (Fsp3) is 0.333. The Kier molecular flexibility index (Phi) is 4.64. The van der Waals surface area contributed by atoms with Crippen LogP contribution < -0.4 is 11.1 Å². The third-order valence-corrected chi connectivity index (χ3v) is 3.27. The molecule has 0 bridgehead atoms. The van der Waals surface area contributed by atoms with Crippen LogP contribution in [-0.2, 0) is 6.42 Å². The lowest BCUT2D eigenvalue weighted by atomic mass is 10.2. The average Bonchev–Trinajstić information content (AvgIpc) is 2.82. The molecule has 6 nitrogen and oxygen atoms in total. The molecule has 0 aliphatic rings. The summed E-state index contributed by atoms with van der Waals surface area (Å²) in [7, 11) is 0. The zero-order valence-corrected chi connectivity index (χ0v) is 11.2. The highest BCUT2D eigenvalue weighted by Gasteiger charge is 2.10. The minimum absolute atomic E-state index is 0.189. The summed E-state index contributed by atoms with van der Waals surface area (Å²) in [6, 6.07) is 7.92. The number of rotatable bonds is 6. The summed E-state index contributed by atoms with van der Waals surface area (Å²) in [5.74, 6) is -0.403. The standard InChI is InChI=1S/C12H15N3O3S/c1-19-10-4-2-8(3-5-10)13-7-9(16)6-11-14-15-12(17)18-11/h2-5,9,13,16H,6-7H2,1H3,(H,15,17). The van der Waals surface area contributed by atoms with Gasteiger partial charge in [0, 0.05) is 17.1 Å².